The van der Waals surface area contributed by atoms with Crippen LogP contribution in [-0.2, 0) is 14.3 Å². The maximum absolute atomic E-state index is 9.78. The maximum Gasteiger partial charge on any atom is 0.264 e. The van der Waals surface area contributed by atoms with Crippen LogP contribution in [0.1, 0.15) is 0 Å². The second kappa shape index (κ2) is 6.29. The molecule has 1 aromatic heterocycles. The van der Waals surface area contributed by atoms with Crippen molar-refractivity contribution in [3.05, 3.63) is 34.6 Å². The summed E-state index contributed by atoms with van der Waals surface area (Å²) in [4.78, 5) is 0. The molecule has 0 saturated carbocycles. The van der Waals surface area contributed by atoms with E-state index in [4.69, 9.17) is 23.2 Å². The van der Waals surface area contributed by atoms with E-state index in [2.05, 4.69) is 14.4 Å². The lowest BCUT2D eigenvalue weighted by Gasteiger charge is -1.98. The van der Waals surface area contributed by atoms with E-state index in [0.29, 0.717) is 10.3 Å². The Balaban J connectivity index is 0.000000232. The molecule has 0 N–H and O–H groups in total. The van der Waals surface area contributed by atoms with E-state index in [1.54, 1.807) is 0 Å². The Morgan fingerprint density at radius 3 is 1.67 bits per heavy atom. The second-order valence-electron chi connectivity index (χ2n) is 3.20. The molecule has 0 aliphatic rings. The van der Waals surface area contributed by atoms with Crippen LogP contribution in [0.4, 0.5) is 0 Å². The van der Waals surface area contributed by atoms with Crippen LogP contribution < -0.4 is 0 Å². The first-order valence-corrected chi connectivity index (χ1v) is 7.24. The van der Waals surface area contributed by atoms with Gasteiger partial charge < -0.3 is 0 Å². The fourth-order valence-corrected chi connectivity index (χ4v) is 1.44. The van der Waals surface area contributed by atoms with Crippen molar-refractivity contribution >= 4 is 44.1 Å². The van der Waals surface area contributed by atoms with Gasteiger partial charge in [0.15, 0.2) is 10.3 Å². The third-order valence-electron chi connectivity index (χ3n) is 1.90. The number of hydrogen-bond donors (Lipinski definition) is 0. The molecule has 0 fully saturated rings. The number of fused-ring (bicyclic) bond motifs is 1. The van der Waals surface area contributed by atoms with Gasteiger partial charge in [0.25, 0.3) is 10.1 Å². The quantitative estimate of drug-likeness (QED) is 0.757. The summed E-state index contributed by atoms with van der Waals surface area (Å²) < 4.78 is 23.5. The Labute approximate surface area is 115 Å². The number of aromatic nitrogens is 2. The van der Waals surface area contributed by atoms with Crippen LogP contribution in [0.5, 0.6) is 0 Å². The molecule has 0 amide bonds. The molecule has 1 aromatic carbocycles. The highest BCUT2D eigenvalue weighted by atomic mass is 35.5. The minimum absolute atomic E-state index is 0.384. The molecule has 0 saturated heterocycles. The van der Waals surface area contributed by atoms with Gasteiger partial charge in [-0.3, -0.25) is 4.18 Å². The lowest BCUT2D eigenvalue weighted by atomic mass is 10.2. The predicted octanol–water partition coefficient (Wildman–Crippen LogP) is 2.53. The van der Waals surface area contributed by atoms with Crippen LogP contribution in [0.25, 0.3) is 10.8 Å². The van der Waals surface area contributed by atoms with Crippen molar-refractivity contribution in [1.29, 1.82) is 0 Å². The largest absolute Gasteiger partial charge is 0.274 e. The van der Waals surface area contributed by atoms with Crippen molar-refractivity contribution in [2.75, 3.05) is 13.4 Å². The summed E-state index contributed by atoms with van der Waals surface area (Å²) in [6.45, 7) is 0. The first-order valence-electron chi connectivity index (χ1n) is 4.67. The summed E-state index contributed by atoms with van der Waals surface area (Å²) in [5.74, 6) is 0. The van der Waals surface area contributed by atoms with Crippen LogP contribution in [0.3, 0.4) is 0 Å². The van der Waals surface area contributed by atoms with E-state index in [-0.39, 0.29) is 0 Å². The standard InChI is InChI=1S/C8H4Cl2N2.C2H6O3S/c9-7-5-3-1-2-4-6(5)8(10)12-11-7;1-5-6(2,3)4/h1-4H;1-2H3. The van der Waals surface area contributed by atoms with Crippen LogP contribution in [0, 0.1) is 0 Å². The SMILES string of the molecule is COS(C)(=O)=O.Clc1nnc(Cl)c2ccccc12. The summed E-state index contributed by atoms with van der Waals surface area (Å²) >= 11 is 11.6. The van der Waals surface area contributed by atoms with Gasteiger partial charge in [0.1, 0.15) is 0 Å². The molecular formula is C10H10Cl2N2O3S. The van der Waals surface area contributed by atoms with Crippen molar-refractivity contribution in [3.63, 3.8) is 0 Å². The van der Waals surface area contributed by atoms with E-state index in [1.165, 1.54) is 0 Å². The van der Waals surface area contributed by atoms with E-state index < -0.39 is 10.1 Å². The summed E-state index contributed by atoms with van der Waals surface area (Å²) in [5.41, 5.74) is 0. The fourth-order valence-electron chi connectivity index (χ4n) is 1.04. The highest BCUT2D eigenvalue weighted by molar-refractivity contribution is 7.85. The number of rotatable bonds is 1. The van der Waals surface area contributed by atoms with E-state index in [9.17, 15) is 8.42 Å². The molecule has 0 spiro atoms. The third-order valence-corrected chi connectivity index (χ3v) is 3.06. The lowest BCUT2D eigenvalue weighted by molar-refractivity contribution is 0.403. The molecule has 1 heterocycles. The van der Waals surface area contributed by atoms with Gasteiger partial charge in [0.05, 0.1) is 13.4 Å². The maximum atomic E-state index is 9.78. The minimum Gasteiger partial charge on any atom is -0.274 e. The summed E-state index contributed by atoms with van der Waals surface area (Å²) in [5, 5.41) is 9.81. The zero-order chi connectivity index (χ0) is 13.8. The topological polar surface area (TPSA) is 69.2 Å². The number of hydrogen-bond acceptors (Lipinski definition) is 5. The Hall–Kier alpha value is -0.950. The molecule has 18 heavy (non-hydrogen) atoms. The van der Waals surface area contributed by atoms with Gasteiger partial charge in [-0.1, -0.05) is 47.5 Å². The summed E-state index contributed by atoms with van der Waals surface area (Å²) in [7, 11) is -2.04. The average molecular weight is 309 g/mol. The summed E-state index contributed by atoms with van der Waals surface area (Å²) in [6.07, 6.45) is 0.993. The fraction of sp³-hybridized carbons (Fsp3) is 0.200. The van der Waals surface area contributed by atoms with Gasteiger partial charge in [0, 0.05) is 10.8 Å². The molecule has 0 bridgehead atoms. The zero-order valence-corrected chi connectivity index (χ0v) is 11.9. The van der Waals surface area contributed by atoms with Gasteiger partial charge >= 0.3 is 0 Å². The van der Waals surface area contributed by atoms with Gasteiger partial charge in [0.2, 0.25) is 0 Å². The molecule has 2 aromatic rings. The van der Waals surface area contributed by atoms with Crippen LogP contribution in [-0.4, -0.2) is 32.0 Å². The Kier molecular flexibility index (Phi) is 5.28. The molecule has 2 rings (SSSR count). The molecule has 5 nitrogen and oxygen atoms in total. The van der Waals surface area contributed by atoms with Gasteiger partial charge in [-0.25, -0.2) is 0 Å². The average Bonchev–Trinajstić information content (AvgIpc) is 2.34. The zero-order valence-electron chi connectivity index (χ0n) is 9.59. The summed E-state index contributed by atoms with van der Waals surface area (Å²) in [6, 6.07) is 7.48. The van der Waals surface area contributed by atoms with Gasteiger partial charge in [-0.15, -0.1) is 10.2 Å². The van der Waals surface area contributed by atoms with Crippen molar-refractivity contribution in [2.45, 2.75) is 0 Å². The molecule has 8 heteroatoms. The van der Waals surface area contributed by atoms with Gasteiger partial charge in [-0.05, 0) is 0 Å². The third kappa shape index (κ3) is 4.38. The number of nitrogens with zero attached hydrogens (tertiary/aromatic N) is 2. The monoisotopic (exact) mass is 308 g/mol. The highest BCUT2D eigenvalue weighted by Crippen LogP contribution is 2.24. The smallest absolute Gasteiger partial charge is 0.264 e. The minimum atomic E-state index is -3.16. The molecule has 0 radical (unpaired) electrons. The molecule has 0 unspecified atom stereocenters. The second-order valence-corrected chi connectivity index (χ2v) is 5.66. The normalized spacial score (nSPS) is 10.9. The Morgan fingerprint density at radius 2 is 1.39 bits per heavy atom. The first kappa shape index (κ1) is 15.1. The highest BCUT2D eigenvalue weighted by Gasteiger charge is 2.03. The molecule has 0 aliphatic carbocycles. The van der Waals surface area contributed by atoms with Crippen LogP contribution >= 0.6 is 23.2 Å². The van der Waals surface area contributed by atoms with Crippen LogP contribution in [0.15, 0.2) is 24.3 Å². The number of halogens is 2. The van der Waals surface area contributed by atoms with Gasteiger partial charge in [-0.2, -0.15) is 8.42 Å². The lowest BCUT2D eigenvalue weighted by Crippen LogP contribution is -1.95. The molecule has 0 atom stereocenters. The first-order chi connectivity index (χ1) is 8.35. The van der Waals surface area contributed by atoms with Crippen molar-refractivity contribution in [2.24, 2.45) is 0 Å². The Morgan fingerprint density at radius 1 is 1.06 bits per heavy atom. The predicted molar refractivity (Wildman–Crippen MR) is 71.4 cm³/mol. The van der Waals surface area contributed by atoms with E-state index in [1.807, 2.05) is 24.3 Å². The molecular weight excluding hydrogens is 299 g/mol. The van der Waals surface area contributed by atoms with E-state index in [0.717, 1.165) is 24.1 Å². The van der Waals surface area contributed by atoms with Crippen molar-refractivity contribution in [3.8, 4) is 0 Å². The van der Waals surface area contributed by atoms with Crippen LogP contribution in [0.2, 0.25) is 10.3 Å². The van der Waals surface area contributed by atoms with Crippen molar-refractivity contribution < 1.29 is 12.6 Å². The molecule has 98 valence electrons. The van der Waals surface area contributed by atoms with Crippen molar-refractivity contribution in [1.82, 2.24) is 10.2 Å². The molecule has 0 aliphatic heterocycles. The number of benzene rings is 1. The Bertz CT molecular complexity index is 606. The van der Waals surface area contributed by atoms with E-state index >= 15 is 0 Å².